The van der Waals surface area contributed by atoms with Crippen molar-refractivity contribution in [2.45, 2.75) is 6.54 Å². The summed E-state index contributed by atoms with van der Waals surface area (Å²) in [5.74, 6) is -0.409. The van der Waals surface area contributed by atoms with Crippen molar-refractivity contribution in [3.63, 3.8) is 0 Å². The Morgan fingerprint density at radius 1 is 1.00 bits per heavy atom. The monoisotopic (exact) mass is 376 g/mol. The largest absolute Gasteiger partial charge is 0.485 e. The third-order valence-corrected chi connectivity index (χ3v) is 4.74. The highest BCUT2D eigenvalue weighted by atomic mass is 19.1. The Bertz CT molecular complexity index is 1210. The van der Waals surface area contributed by atoms with Crippen LogP contribution >= 0.6 is 0 Å². The fourth-order valence-corrected chi connectivity index (χ4v) is 3.57. The molecule has 4 rings (SSSR count). The highest BCUT2D eigenvalue weighted by molar-refractivity contribution is 6.19. The number of carbonyl (C=O) groups excluding carboxylic acids is 2. The second-order valence-corrected chi connectivity index (χ2v) is 6.37. The van der Waals surface area contributed by atoms with E-state index < -0.39 is 5.91 Å². The molecule has 0 spiro atoms. The topological polar surface area (TPSA) is 74.3 Å². The van der Waals surface area contributed by atoms with Gasteiger partial charge in [0.25, 0.3) is 0 Å². The minimum atomic E-state index is -0.569. The first-order valence-corrected chi connectivity index (χ1v) is 8.75. The molecule has 28 heavy (non-hydrogen) atoms. The third kappa shape index (κ3) is 2.89. The first kappa shape index (κ1) is 17.7. The van der Waals surface area contributed by atoms with Gasteiger partial charge < -0.3 is 15.0 Å². The molecule has 140 valence electrons. The zero-order valence-corrected chi connectivity index (χ0v) is 14.9. The number of rotatable bonds is 6. The second kappa shape index (κ2) is 7.15. The number of ether oxygens (including phenoxy) is 1. The molecule has 0 saturated heterocycles. The zero-order chi connectivity index (χ0) is 19.7. The van der Waals surface area contributed by atoms with E-state index in [1.54, 1.807) is 42.5 Å². The van der Waals surface area contributed by atoms with Crippen LogP contribution in [0.15, 0.2) is 60.7 Å². The van der Waals surface area contributed by atoms with Crippen LogP contribution in [0.5, 0.6) is 5.75 Å². The van der Waals surface area contributed by atoms with E-state index >= 15 is 0 Å². The van der Waals surface area contributed by atoms with Crippen molar-refractivity contribution in [2.75, 3.05) is 6.61 Å². The number of aldehydes is 1. The van der Waals surface area contributed by atoms with E-state index in [2.05, 4.69) is 0 Å². The Labute approximate surface area is 160 Å². The van der Waals surface area contributed by atoms with Gasteiger partial charge in [-0.15, -0.1) is 0 Å². The number of nitrogens with zero attached hydrogens (tertiary/aromatic N) is 1. The van der Waals surface area contributed by atoms with Crippen LogP contribution in [0.2, 0.25) is 0 Å². The Morgan fingerprint density at radius 2 is 1.71 bits per heavy atom. The second-order valence-electron chi connectivity index (χ2n) is 6.37. The van der Waals surface area contributed by atoms with Crippen molar-refractivity contribution in [1.82, 2.24) is 4.57 Å². The number of benzene rings is 3. The van der Waals surface area contributed by atoms with Crippen molar-refractivity contribution in [1.29, 1.82) is 0 Å². The van der Waals surface area contributed by atoms with Crippen molar-refractivity contribution in [3.05, 3.63) is 77.6 Å². The first-order valence-electron chi connectivity index (χ1n) is 8.75. The highest BCUT2D eigenvalue weighted by Gasteiger charge is 2.20. The van der Waals surface area contributed by atoms with Gasteiger partial charge in [-0.1, -0.05) is 30.3 Å². The molecule has 6 heteroatoms. The smallest absolute Gasteiger partial charge is 0.249 e. The summed E-state index contributed by atoms with van der Waals surface area (Å²) in [6.45, 7) is 0.157. The zero-order valence-electron chi connectivity index (χ0n) is 14.9. The molecule has 0 fully saturated rings. The van der Waals surface area contributed by atoms with Crippen LogP contribution in [-0.4, -0.2) is 23.4 Å². The number of primary amides is 1. The van der Waals surface area contributed by atoms with Crippen LogP contribution in [0.25, 0.3) is 21.8 Å². The van der Waals surface area contributed by atoms with E-state index in [1.165, 1.54) is 6.07 Å². The van der Waals surface area contributed by atoms with Gasteiger partial charge in [0.15, 0.2) is 6.29 Å². The van der Waals surface area contributed by atoms with Crippen molar-refractivity contribution in [3.8, 4) is 5.75 Å². The quantitative estimate of drug-likeness (QED) is 0.522. The third-order valence-electron chi connectivity index (χ3n) is 4.74. The number of halogens is 1. The van der Waals surface area contributed by atoms with E-state index in [4.69, 9.17) is 10.5 Å². The molecule has 3 aromatic carbocycles. The van der Waals surface area contributed by atoms with E-state index in [0.29, 0.717) is 33.9 Å². The lowest BCUT2D eigenvalue weighted by Gasteiger charge is -2.09. The number of nitrogens with two attached hydrogens (primary N) is 1. The summed E-state index contributed by atoms with van der Waals surface area (Å²) in [7, 11) is 0. The maximum atomic E-state index is 14.3. The highest BCUT2D eigenvalue weighted by Crippen LogP contribution is 2.38. The lowest BCUT2D eigenvalue weighted by Crippen LogP contribution is -2.11. The Morgan fingerprint density at radius 3 is 2.43 bits per heavy atom. The summed E-state index contributed by atoms with van der Waals surface area (Å²) in [6, 6.07) is 17.2. The minimum absolute atomic E-state index is 0.113. The molecule has 0 aliphatic carbocycles. The molecule has 0 saturated carbocycles. The van der Waals surface area contributed by atoms with Gasteiger partial charge in [-0.25, -0.2) is 4.39 Å². The van der Waals surface area contributed by atoms with Crippen LogP contribution in [0.4, 0.5) is 4.39 Å². The van der Waals surface area contributed by atoms with Crippen molar-refractivity contribution < 1.29 is 18.7 Å². The number of hydrogen-bond acceptors (Lipinski definition) is 3. The fourth-order valence-electron chi connectivity index (χ4n) is 3.57. The molecule has 0 aliphatic heterocycles. The van der Waals surface area contributed by atoms with Crippen molar-refractivity contribution >= 4 is 34.0 Å². The summed E-state index contributed by atoms with van der Waals surface area (Å²) in [5.41, 5.74) is 7.96. The van der Waals surface area contributed by atoms with Crippen molar-refractivity contribution in [2.24, 2.45) is 5.73 Å². The van der Waals surface area contributed by atoms with Crippen LogP contribution in [0.3, 0.4) is 0 Å². The van der Waals surface area contributed by atoms with Crippen LogP contribution in [0.1, 0.15) is 15.9 Å². The molecule has 1 aromatic heterocycles. The van der Waals surface area contributed by atoms with E-state index in [-0.39, 0.29) is 19.0 Å². The number of aromatic nitrogens is 1. The lowest BCUT2D eigenvalue weighted by atomic mass is 10.1. The maximum Gasteiger partial charge on any atom is 0.249 e. The molecule has 0 unspecified atom stereocenters. The molecule has 0 atom stereocenters. The molecule has 0 radical (unpaired) electrons. The van der Waals surface area contributed by atoms with Gasteiger partial charge in [0.1, 0.15) is 18.2 Å². The van der Waals surface area contributed by atoms with E-state index in [9.17, 15) is 14.0 Å². The Kier molecular flexibility index (Phi) is 4.53. The molecular weight excluding hydrogens is 359 g/mol. The number of fused-ring (bicyclic) bond motifs is 3. The average Bonchev–Trinajstić information content (AvgIpc) is 3.02. The predicted molar refractivity (Wildman–Crippen MR) is 105 cm³/mol. The number of amides is 1. The van der Waals surface area contributed by atoms with Crippen LogP contribution in [0, 0.1) is 5.82 Å². The minimum Gasteiger partial charge on any atom is -0.485 e. The van der Waals surface area contributed by atoms with Gasteiger partial charge in [-0.2, -0.15) is 0 Å². The fraction of sp³-hybridized carbons (Fsp3) is 0.0909. The van der Waals surface area contributed by atoms with Gasteiger partial charge in [0, 0.05) is 16.5 Å². The molecule has 1 heterocycles. The molecule has 1 amide bonds. The van der Waals surface area contributed by atoms with Crippen LogP contribution in [-0.2, 0) is 11.3 Å². The number of hydrogen-bond donors (Lipinski definition) is 1. The molecule has 0 bridgehead atoms. The molecular formula is C22H17FN2O3. The standard InChI is InChI=1S/C22H17FN2O3/c23-16-7-2-1-5-14(16)13-25-17-8-3-6-15(22(24)27)20(17)21-18(25)9-4-10-19(21)28-12-11-26/h1-11H,12-13H2,(H2,24,27). The Balaban J connectivity index is 2.06. The van der Waals surface area contributed by atoms with Crippen LogP contribution < -0.4 is 10.5 Å². The van der Waals surface area contributed by atoms with Gasteiger partial charge in [0.2, 0.25) is 5.91 Å². The van der Waals surface area contributed by atoms with E-state index in [0.717, 1.165) is 11.0 Å². The summed E-state index contributed by atoms with van der Waals surface area (Å²) < 4.78 is 21.8. The first-order chi connectivity index (χ1) is 13.6. The summed E-state index contributed by atoms with van der Waals surface area (Å²) >= 11 is 0. The van der Waals surface area contributed by atoms with E-state index in [1.807, 2.05) is 16.7 Å². The predicted octanol–water partition coefficient (Wildman–Crippen LogP) is 3.66. The molecule has 4 aromatic rings. The summed E-state index contributed by atoms with van der Waals surface area (Å²) in [6.07, 6.45) is 0.659. The summed E-state index contributed by atoms with van der Waals surface area (Å²) in [5, 5.41) is 1.30. The molecule has 5 nitrogen and oxygen atoms in total. The maximum absolute atomic E-state index is 14.3. The lowest BCUT2D eigenvalue weighted by molar-refractivity contribution is -0.109. The Hall–Kier alpha value is -3.67. The van der Waals surface area contributed by atoms with Gasteiger partial charge in [-0.3, -0.25) is 9.59 Å². The normalized spacial score (nSPS) is 11.0. The number of carbonyl (C=O) groups is 2. The molecule has 0 aliphatic rings. The van der Waals surface area contributed by atoms with Gasteiger partial charge in [0.05, 0.1) is 23.0 Å². The molecule has 2 N–H and O–H groups in total. The summed E-state index contributed by atoms with van der Waals surface area (Å²) in [4.78, 5) is 22.9. The SMILES string of the molecule is NC(=O)c1cccc2c1c1c(OCC=O)cccc1n2Cc1ccccc1F. The van der Waals surface area contributed by atoms with Gasteiger partial charge in [-0.05, 0) is 30.3 Å². The van der Waals surface area contributed by atoms with Gasteiger partial charge >= 0.3 is 0 Å². The average molecular weight is 376 g/mol.